The molecule has 0 aliphatic carbocycles. The molecule has 2 aromatic rings. The molecule has 96 valence electrons. The first kappa shape index (κ1) is 13.8. The van der Waals surface area contributed by atoms with E-state index >= 15 is 0 Å². The number of halogens is 1. The molecule has 19 heavy (non-hydrogen) atoms. The van der Waals surface area contributed by atoms with Crippen LogP contribution in [0.2, 0.25) is 0 Å². The maximum Gasteiger partial charge on any atom is 0.248 e. The Morgan fingerprint density at radius 2 is 1.68 bits per heavy atom. The lowest BCUT2D eigenvalue weighted by Gasteiger charge is -2.01. The third kappa shape index (κ3) is 4.52. The summed E-state index contributed by atoms with van der Waals surface area (Å²) in [5.41, 5.74) is 3.03. The molecule has 0 spiro atoms. The van der Waals surface area contributed by atoms with E-state index in [-0.39, 0.29) is 5.91 Å². The van der Waals surface area contributed by atoms with Gasteiger partial charge in [0.05, 0.1) is 0 Å². The molecule has 2 nitrogen and oxygen atoms in total. The summed E-state index contributed by atoms with van der Waals surface area (Å²) < 4.78 is 1.14. The van der Waals surface area contributed by atoms with E-state index in [1.807, 2.05) is 61.5 Å². The van der Waals surface area contributed by atoms with Gasteiger partial charge in [-0.3, -0.25) is 4.79 Å². The van der Waals surface area contributed by atoms with Crippen LogP contribution in [0.4, 0.5) is 5.69 Å². The minimum absolute atomic E-state index is 0.123. The van der Waals surface area contributed by atoms with Crippen LogP contribution in [0, 0.1) is 10.5 Å². The van der Waals surface area contributed by atoms with Gasteiger partial charge in [0.2, 0.25) is 5.91 Å². The largest absolute Gasteiger partial charge is 0.323 e. The van der Waals surface area contributed by atoms with Crippen molar-refractivity contribution < 1.29 is 4.79 Å². The normalized spacial score (nSPS) is 10.6. The van der Waals surface area contributed by atoms with Crippen LogP contribution in [-0.2, 0) is 4.79 Å². The Labute approximate surface area is 126 Å². The van der Waals surface area contributed by atoms with Crippen molar-refractivity contribution in [3.05, 3.63) is 69.3 Å². The molecular weight excluding hydrogens is 349 g/mol. The summed E-state index contributed by atoms with van der Waals surface area (Å²) in [4.78, 5) is 11.7. The van der Waals surface area contributed by atoms with Crippen molar-refractivity contribution in [3.63, 3.8) is 0 Å². The van der Waals surface area contributed by atoms with Crippen molar-refractivity contribution in [2.24, 2.45) is 0 Å². The average Bonchev–Trinajstić information content (AvgIpc) is 2.41. The van der Waals surface area contributed by atoms with Crippen LogP contribution in [0.1, 0.15) is 11.1 Å². The van der Waals surface area contributed by atoms with Crippen molar-refractivity contribution in [1.82, 2.24) is 0 Å². The first-order chi connectivity index (χ1) is 9.13. The van der Waals surface area contributed by atoms with Gasteiger partial charge in [0.25, 0.3) is 0 Å². The Morgan fingerprint density at radius 3 is 2.32 bits per heavy atom. The molecule has 1 amide bonds. The molecule has 0 aromatic heterocycles. The van der Waals surface area contributed by atoms with Gasteiger partial charge < -0.3 is 5.32 Å². The van der Waals surface area contributed by atoms with Crippen LogP contribution in [0.3, 0.4) is 0 Å². The molecule has 0 bridgehead atoms. The summed E-state index contributed by atoms with van der Waals surface area (Å²) in [6.07, 6.45) is 3.35. The number of benzene rings is 2. The van der Waals surface area contributed by atoms with Gasteiger partial charge in [-0.1, -0.05) is 29.8 Å². The van der Waals surface area contributed by atoms with Crippen molar-refractivity contribution >= 4 is 40.3 Å². The summed E-state index contributed by atoms with van der Waals surface area (Å²) in [5, 5.41) is 2.82. The zero-order chi connectivity index (χ0) is 13.7. The van der Waals surface area contributed by atoms with Crippen molar-refractivity contribution in [3.8, 4) is 0 Å². The molecule has 0 aliphatic heterocycles. The minimum atomic E-state index is -0.123. The van der Waals surface area contributed by atoms with E-state index in [1.165, 1.54) is 5.56 Å². The van der Waals surface area contributed by atoms with Gasteiger partial charge in [0.1, 0.15) is 0 Å². The summed E-state index contributed by atoms with van der Waals surface area (Å²) in [7, 11) is 0. The van der Waals surface area contributed by atoms with E-state index < -0.39 is 0 Å². The van der Waals surface area contributed by atoms with Gasteiger partial charge in [-0.25, -0.2) is 0 Å². The molecule has 2 aromatic carbocycles. The third-order valence-electron chi connectivity index (χ3n) is 2.62. The SMILES string of the molecule is Cc1ccc(C=CC(=O)Nc2ccc(I)cc2)cc1. The molecule has 0 saturated carbocycles. The fraction of sp³-hybridized carbons (Fsp3) is 0.0625. The molecule has 0 unspecified atom stereocenters. The summed E-state index contributed by atoms with van der Waals surface area (Å²) in [6.45, 7) is 2.04. The monoisotopic (exact) mass is 363 g/mol. The lowest BCUT2D eigenvalue weighted by molar-refractivity contribution is -0.111. The molecule has 3 heteroatoms. The number of amides is 1. The van der Waals surface area contributed by atoms with Gasteiger partial charge >= 0.3 is 0 Å². The van der Waals surface area contributed by atoms with Crippen LogP contribution < -0.4 is 5.32 Å². The predicted octanol–water partition coefficient (Wildman–Crippen LogP) is 4.25. The maximum absolute atomic E-state index is 11.7. The molecule has 0 fully saturated rings. The number of carbonyl (C=O) groups is 1. The van der Waals surface area contributed by atoms with Crippen LogP contribution in [0.25, 0.3) is 6.08 Å². The van der Waals surface area contributed by atoms with Gasteiger partial charge in [-0.15, -0.1) is 0 Å². The molecule has 0 atom stereocenters. The predicted molar refractivity (Wildman–Crippen MR) is 88.0 cm³/mol. The van der Waals surface area contributed by atoms with Gasteiger partial charge in [-0.2, -0.15) is 0 Å². The van der Waals surface area contributed by atoms with Crippen LogP contribution in [0.15, 0.2) is 54.6 Å². The summed E-state index contributed by atoms with van der Waals surface area (Å²) in [6, 6.07) is 15.7. The highest BCUT2D eigenvalue weighted by Gasteiger charge is 1.97. The zero-order valence-electron chi connectivity index (χ0n) is 10.6. The third-order valence-corrected chi connectivity index (χ3v) is 3.34. The molecule has 1 N–H and O–H groups in total. The standard InChI is InChI=1S/C16H14INO/c1-12-2-4-13(5-3-12)6-11-16(19)18-15-9-7-14(17)8-10-15/h2-11H,1H3,(H,18,19). The number of nitrogens with one attached hydrogen (secondary N) is 1. The lowest BCUT2D eigenvalue weighted by Crippen LogP contribution is -2.07. The number of carbonyl (C=O) groups excluding carboxylic acids is 1. The molecule has 0 aliphatic rings. The number of aryl methyl sites for hydroxylation is 1. The van der Waals surface area contributed by atoms with E-state index in [9.17, 15) is 4.79 Å². The second-order valence-corrected chi connectivity index (χ2v) is 5.49. The fourth-order valence-corrected chi connectivity index (χ4v) is 1.93. The Kier molecular flexibility index (Phi) is 4.74. The topological polar surface area (TPSA) is 29.1 Å². The average molecular weight is 363 g/mol. The second-order valence-electron chi connectivity index (χ2n) is 4.24. The molecule has 0 radical (unpaired) electrons. The first-order valence-electron chi connectivity index (χ1n) is 5.95. The number of anilines is 1. The van der Waals surface area contributed by atoms with Crippen molar-refractivity contribution in [2.75, 3.05) is 5.32 Å². The smallest absolute Gasteiger partial charge is 0.248 e. The van der Waals surface area contributed by atoms with Gasteiger partial charge in [0, 0.05) is 15.3 Å². The van der Waals surface area contributed by atoms with E-state index in [4.69, 9.17) is 0 Å². The minimum Gasteiger partial charge on any atom is -0.323 e. The Morgan fingerprint density at radius 1 is 1.05 bits per heavy atom. The van der Waals surface area contributed by atoms with Crippen molar-refractivity contribution in [2.45, 2.75) is 6.92 Å². The highest BCUT2D eigenvalue weighted by molar-refractivity contribution is 14.1. The summed E-state index contributed by atoms with van der Waals surface area (Å²) in [5.74, 6) is -0.123. The van der Waals surface area contributed by atoms with E-state index in [1.54, 1.807) is 6.08 Å². The highest BCUT2D eigenvalue weighted by Crippen LogP contribution is 2.11. The fourth-order valence-electron chi connectivity index (χ4n) is 1.57. The second kappa shape index (κ2) is 6.52. The van der Waals surface area contributed by atoms with E-state index in [0.717, 1.165) is 14.8 Å². The molecule has 0 saturated heterocycles. The van der Waals surface area contributed by atoms with Crippen LogP contribution in [-0.4, -0.2) is 5.91 Å². The molecular formula is C16H14INO. The molecule has 0 heterocycles. The van der Waals surface area contributed by atoms with Gasteiger partial charge in [0.15, 0.2) is 0 Å². The lowest BCUT2D eigenvalue weighted by atomic mass is 10.1. The van der Waals surface area contributed by atoms with Crippen LogP contribution in [0.5, 0.6) is 0 Å². The first-order valence-corrected chi connectivity index (χ1v) is 7.03. The molecule has 2 rings (SSSR count). The van der Waals surface area contributed by atoms with Crippen molar-refractivity contribution in [1.29, 1.82) is 0 Å². The zero-order valence-corrected chi connectivity index (χ0v) is 12.7. The van der Waals surface area contributed by atoms with Gasteiger partial charge in [-0.05, 0) is 65.4 Å². The maximum atomic E-state index is 11.7. The number of hydrogen-bond donors (Lipinski definition) is 1. The summed E-state index contributed by atoms with van der Waals surface area (Å²) >= 11 is 2.23. The Balaban J connectivity index is 1.97. The van der Waals surface area contributed by atoms with E-state index in [0.29, 0.717) is 0 Å². The van der Waals surface area contributed by atoms with E-state index in [2.05, 4.69) is 27.9 Å². The Hall–Kier alpha value is -1.62. The Bertz CT molecular complexity index is 585. The number of rotatable bonds is 3. The highest BCUT2D eigenvalue weighted by atomic mass is 127. The number of hydrogen-bond acceptors (Lipinski definition) is 1. The van der Waals surface area contributed by atoms with Crippen LogP contribution >= 0.6 is 22.6 Å². The quantitative estimate of drug-likeness (QED) is 0.641.